The Kier molecular flexibility index (Phi) is 7.92. The van der Waals surface area contributed by atoms with Crippen LogP contribution in [0.2, 0.25) is 0 Å². The second-order valence-electron chi connectivity index (χ2n) is 7.64. The van der Waals surface area contributed by atoms with Gasteiger partial charge in [0.1, 0.15) is 0 Å². The number of aromatic nitrogens is 1. The lowest BCUT2D eigenvalue weighted by atomic mass is 10.2. The van der Waals surface area contributed by atoms with E-state index in [0.29, 0.717) is 19.6 Å². The highest BCUT2D eigenvalue weighted by atomic mass is 32.2. The summed E-state index contributed by atoms with van der Waals surface area (Å²) in [5.74, 6) is 0.844. The van der Waals surface area contributed by atoms with E-state index in [1.54, 1.807) is 18.0 Å². The van der Waals surface area contributed by atoms with Crippen LogP contribution in [0.5, 0.6) is 0 Å². The third-order valence-corrected chi connectivity index (χ3v) is 6.94. The minimum atomic E-state index is -0.0304. The Morgan fingerprint density at radius 2 is 2.00 bits per heavy atom. The van der Waals surface area contributed by atoms with E-state index in [-0.39, 0.29) is 11.8 Å². The number of nitrogens with one attached hydrogen (secondary N) is 1. The Bertz CT molecular complexity index is 1030. The number of thiophene rings is 1. The number of pyridine rings is 1. The summed E-state index contributed by atoms with van der Waals surface area (Å²) >= 11 is 3.20. The van der Waals surface area contributed by atoms with E-state index in [1.165, 1.54) is 11.3 Å². The molecule has 3 aromatic rings. The third kappa shape index (κ3) is 6.41. The second-order valence-corrected chi connectivity index (χ2v) is 9.41. The van der Waals surface area contributed by atoms with Crippen LogP contribution in [0.4, 0.5) is 5.69 Å². The molecule has 1 aromatic carbocycles. The number of anilines is 1. The first-order valence-electron chi connectivity index (χ1n) is 10.6. The second kappa shape index (κ2) is 11.3. The predicted molar refractivity (Wildman–Crippen MR) is 130 cm³/mol. The molecule has 2 amide bonds. The maximum absolute atomic E-state index is 12.6. The zero-order chi connectivity index (χ0) is 22.2. The molecule has 0 atom stereocenters. The molecule has 1 fully saturated rings. The number of hydrogen-bond acceptors (Lipinski definition) is 6. The van der Waals surface area contributed by atoms with E-state index in [4.69, 9.17) is 0 Å². The monoisotopic (exact) mass is 466 g/mol. The van der Waals surface area contributed by atoms with Crippen LogP contribution in [0, 0.1) is 0 Å². The highest BCUT2D eigenvalue weighted by Gasteiger charge is 2.21. The summed E-state index contributed by atoms with van der Waals surface area (Å²) < 4.78 is 0. The van der Waals surface area contributed by atoms with Gasteiger partial charge in [0.05, 0.1) is 17.1 Å². The number of nitrogens with zero attached hydrogens (tertiary/aromatic N) is 3. The van der Waals surface area contributed by atoms with Crippen molar-refractivity contribution in [1.29, 1.82) is 0 Å². The Labute approximate surface area is 196 Å². The Balaban J connectivity index is 1.26. The number of carbonyl (C=O) groups is 2. The van der Waals surface area contributed by atoms with E-state index in [2.05, 4.69) is 21.3 Å². The van der Waals surface area contributed by atoms with Gasteiger partial charge in [-0.1, -0.05) is 18.2 Å². The van der Waals surface area contributed by atoms with Gasteiger partial charge in [-0.25, -0.2) is 4.98 Å². The van der Waals surface area contributed by atoms with Crippen LogP contribution in [-0.2, 0) is 10.5 Å². The van der Waals surface area contributed by atoms with Crippen LogP contribution in [0.15, 0.2) is 70.5 Å². The average molecular weight is 467 g/mol. The van der Waals surface area contributed by atoms with Crippen molar-refractivity contribution in [1.82, 2.24) is 14.8 Å². The van der Waals surface area contributed by atoms with Crippen molar-refractivity contribution >= 4 is 40.6 Å². The fraction of sp³-hybridized carbons (Fsp3) is 0.292. The van der Waals surface area contributed by atoms with Crippen molar-refractivity contribution in [3.8, 4) is 0 Å². The number of amides is 2. The van der Waals surface area contributed by atoms with Crippen LogP contribution >= 0.6 is 23.1 Å². The molecule has 2 aromatic heterocycles. The molecule has 1 saturated heterocycles. The third-order valence-electron chi connectivity index (χ3n) is 5.25. The minimum Gasteiger partial charge on any atom is -0.337 e. The smallest absolute Gasteiger partial charge is 0.254 e. The van der Waals surface area contributed by atoms with E-state index >= 15 is 0 Å². The summed E-state index contributed by atoms with van der Waals surface area (Å²) in [7, 11) is 0. The molecule has 1 aliphatic heterocycles. The van der Waals surface area contributed by atoms with Gasteiger partial charge in [-0.15, -0.1) is 11.8 Å². The van der Waals surface area contributed by atoms with Crippen molar-refractivity contribution in [2.45, 2.75) is 17.2 Å². The molecule has 3 heterocycles. The van der Waals surface area contributed by atoms with E-state index < -0.39 is 0 Å². The van der Waals surface area contributed by atoms with Crippen LogP contribution in [0.25, 0.3) is 0 Å². The molecule has 4 rings (SSSR count). The Morgan fingerprint density at radius 1 is 1.06 bits per heavy atom. The summed E-state index contributed by atoms with van der Waals surface area (Å²) in [5.41, 5.74) is 2.69. The minimum absolute atomic E-state index is 0.0304. The fourth-order valence-electron chi connectivity index (χ4n) is 3.63. The molecule has 0 radical (unpaired) electrons. The number of hydrogen-bond donors (Lipinski definition) is 1. The van der Waals surface area contributed by atoms with Gasteiger partial charge in [-0.3, -0.25) is 14.5 Å². The van der Waals surface area contributed by atoms with Crippen molar-refractivity contribution in [3.63, 3.8) is 0 Å². The molecule has 0 bridgehead atoms. The molecule has 1 N–H and O–H groups in total. The zero-order valence-corrected chi connectivity index (χ0v) is 19.4. The lowest BCUT2D eigenvalue weighted by Crippen LogP contribution is -2.37. The molecule has 0 aliphatic carbocycles. The number of benzene rings is 1. The van der Waals surface area contributed by atoms with Crippen molar-refractivity contribution in [2.24, 2.45) is 0 Å². The molecule has 32 heavy (non-hydrogen) atoms. The first kappa shape index (κ1) is 22.5. The Hall–Kier alpha value is -2.68. The highest BCUT2D eigenvalue weighted by Crippen LogP contribution is 2.22. The Morgan fingerprint density at radius 3 is 2.81 bits per heavy atom. The maximum Gasteiger partial charge on any atom is 0.254 e. The summed E-state index contributed by atoms with van der Waals surface area (Å²) in [4.78, 5) is 33.6. The lowest BCUT2D eigenvalue weighted by Gasteiger charge is -2.21. The van der Waals surface area contributed by atoms with Gasteiger partial charge in [0.2, 0.25) is 5.91 Å². The topological polar surface area (TPSA) is 65.5 Å². The van der Waals surface area contributed by atoms with Crippen molar-refractivity contribution in [2.75, 3.05) is 38.0 Å². The van der Waals surface area contributed by atoms with Crippen LogP contribution in [0.3, 0.4) is 0 Å². The summed E-state index contributed by atoms with van der Waals surface area (Å²) in [6.07, 6.45) is 2.66. The molecule has 0 spiro atoms. The van der Waals surface area contributed by atoms with E-state index in [1.807, 2.05) is 58.1 Å². The number of thioether (sulfide) groups is 1. The van der Waals surface area contributed by atoms with Crippen LogP contribution in [0.1, 0.15) is 22.3 Å². The zero-order valence-electron chi connectivity index (χ0n) is 17.8. The lowest BCUT2D eigenvalue weighted by molar-refractivity contribution is -0.117. The quantitative estimate of drug-likeness (QED) is 0.528. The van der Waals surface area contributed by atoms with Gasteiger partial charge in [-0.2, -0.15) is 11.3 Å². The summed E-state index contributed by atoms with van der Waals surface area (Å²) in [6.45, 7) is 3.20. The molecule has 0 unspecified atom stereocenters. The van der Waals surface area contributed by atoms with E-state index in [0.717, 1.165) is 47.1 Å². The van der Waals surface area contributed by atoms with Crippen molar-refractivity contribution < 1.29 is 9.59 Å². The fourth-order valence-corrected chi connectivity index (χ4v) is 5.07. The summed E-state index contributed by atoms with van der Waals surface area (Å²) in [5, 5.41) is 7.82. The predicted octanol–water partition coefficient (Wildman–Crippen LogP) is 4.22. The molecule has 0 saturated carbocycles. The molecular formula is C24H26N4O2S2. The first-order valence-corrected chi connectivity index (χ1v) is 12.6. The molecule has 166 valence electrons. The van der Waals surface area contributed by atoms with Crippen molar-refractivity contribution in [3.05, 3.63) is 76.6 Å². The summed E-state index contributed by atoms with van der Waals surface area (Å²) in [6, 6.07) is 15.7. The highest BCUT2D eigenvalue weighted by molar-refractivity contribution is 7.98. The molecule has 1 aliphatic rings. The van der Waals surface area contributed by atoms with Crippen LogP contribution in [-0.4, -0.2) is 59.3 Å². The van der Waals surface area contributed by atoms with E-state index in [9.17, 15) is 9.59 Å². The van der Waals surface area contributed by atoms with Gasteiger partial charge in [0, 0.05) is 49.2 Å². The molecule has 8 heteroatoms. The van der Waals surface area contributed by atoms with Gasteiger partial charge in [-0.05, 0) is 47.7 Å². The van der Waals surface area contributed by atoms with Crippen LogP contribution < -0.4 is 5.32 Å². The number of rotatable bonds is 7. The average Bonchev–Trinajstić information content (AvgIpc) is 3.25. The molecular weight excluding hydrogens is 440 g/mol. The molecule has 6 nitrogen and oxygen atoms in total. The van der Waals surface area contributed by atoms with Gasteiger partial charge in [0.15, 0.2) is 0 Å². The standard InChI is InChI=1S/C24H26N4O2S2/c29-22(16-27-10-4-11-28(13-12-27)24(30)20-8-14-31-18-20)26-21-6-3-5-19(15-21)17-32-23-7-1-2-9-25-23/h1-3,5-9,14-15,18H,4,10-13,16-17H2,(H,26,29). The van der Waals surface area contributed by atoms with Gasteiger partial charge < -0.3 is 10.2 Å². The van der Waals surface area contributed by atoms with Gasteiger partial charge in [0.25, 0.3) is 5.91 Å². The largest absolute Gasteiger partial charge is 0.337 e. The normalized spacial score (nSPS) is 14.7. The first-order chi connectivity index (χ1) is 15.7. The SMILES string of the molecule is O=C(CN1CCCN(C(=O)c2ccsc2)CC1)Nc1cccc(CSc2ccccn2)c1. The van der Waals surface area contributed by atoms with Gasteiger partial charge >= 0.3 is 0 Å². The number of carbonyl (C=O) groups excluding carboxylic acids is 2. The maximum atomic E-state index is 12.6.